The second-order valence-corrected chi connectivity index (χ2v) is 9.85. The lowest BCUT2D eigenvalue weighted by molar-refractivity contribution is 0.0693. The summed E-state index contributed by atoms with van der Waals surface area (Å²) in [6.07, 6.45) is 2.04. The minimum Gasteiger partial charge on any atom is -0.496 e. The molecule has 3 aromatic carbocycles. The van der Waals surface area contributed by atoms with E-state index in [9.17, 15) is 19.6 Å². The first-order valence-corrected chi connectivity index (χ1v) is 12.0. The first-order valence-electron chi connectivity index (χ1n) is 12.0. The van der Waals surface area contributed by atoms with Crippen molar-refractivity contribution >= 4 is 23.1 Å². The molecule has 2 heterocycles. The molecule has 0 radical (unpaired) electrons. The Labute approximate surface area is 219 Å². The van der Waals surface area contributed by atoms with Crippen LogP contribution in [0.3, 0.4) is 0 Å². The van der Waals surface area contributed by atoms with Crippen molar-refractivity contribution in [3.63, 3.8) is 0 Å². The molecule has 0 unspecified atom stereocenters. The third kappa shape index (κ3) is 3.97. The van der Waals surface area contributed by atoms with Crippen molar-refractivity contribution in [2.24, 2.45) is 4.99 Å². The fourth-order valence-electron chi connectivity index (χ4n) is 5.19. The summed E-state index contributed by atoms with van der Waals surface area (Å²) in [5.74, 6) is -1.24. The van der Waals surface area contributed by atoms with E-state index in [0.29, 0.717) is 12.2 Å². The number of carboxylic acid groups (broad SMARTS) is 1. The Morgan fingerprint density at radius 2 is 1.89 bits per heavy atom. The van der Waals surface area contributed by atoms with Crippen LogP contribution in [0.15, 0.2) is 53.5 Å². The molecule has 1 aromatic heterocycles. The molecule has 38 heavy (non-hydrogen) atoms. The maximum absolute atomic E-state index is 14.4. The largest absolute Gasteiger partial charge is 0.496 e. The molecule has 0 saturated carbocycles. The van der Waals surface area contributed by atoms with E-state index in [1.54, 1.807) is 24.3 Å². The number of aliphatic imine (C=N–C) groups is 1. The average Bonchev–Trinajstić information content (AvgIpc) is 3.49. The lowest BCUT2D eigenvalue weighted by Gasteiger charge is -2.27. The number of halogens is 1. The highest BCUT2D eigenvalue weighted by Gasteiger charge is 2.33. The molecule has 0 fully saturated rings. The number of methoxy groups -OCH3 is 2. The Morgan fingerprint density at radius 1 is 1.13 bits per heavy atom. The van der Waals surface area contributed by atoms with Gasteiger partial charge in [0.2, 0.25) is 0 Å². The summed E-state index contributed by atoms with van der Waals surface area (Å²) in [6.45, 7) is 4.53. The molecule has 0 atom stereocenters. The van der Waals surface area contributed by atoms with Crippen LogP contribution >= 0.6 is 0 Å². The van der Waals surface area contributed by atoms with Crippen LogP contribution in [-0.4, -0.2) is 36.1 Å². The zero-order valence-corrected chi connectivity index (χ0v) is 21.5. The van der Waals surface area contributed by atoms with Crippen LogP contribution in [0.2, 0.25) is 0 Å². The second kappa shape index (κ2) is 9.34. The van der Waals surface area contributed by atoms with Gasteiger partial charge in [-0.25, -0.2) is 9.18 Å². The van der Waals surface area contributed by atoms with Crippen LogP contribution in [-0.2, 0) is 12.0 Å². The minimum absolute atomic E-state index is 0.0513. The van der Waals surface area contributed by atoms with Gasteiger partial charge in [0.1, 0.15) is 11.3 Å². The number of nitriles is 1. The summed E-state index contributed by atoms with van der Waals surface area (Å²) in [5, 5.41) is 20.3. The van der Waals surface area contributed by atoms with E-state index < -0.39 is 17.2 Å². The molecule has 4 aromatic rings. The van der Waals surface area contributed by atoms with Crippen molar-refractivity contribution < 1.29 is 23.8 Å². The van der Waals surface area contributed by atoms with Crippen LogP contribution in [0.25, 0.3) is 27.7 Å². The second-order valence-electron chi connectivity index (χ2n) is 9.85. The highest BCUT2D eigenvalue weighted by molar-refractivity contribution is 6.04. The monoisotopic (exact) mass is 511 g/mol. The van der Waals surface area contributed by atoms with Crippen molar-refractivity contribution in [2.75, 3.05) is 14.2 Å². The highest BCUT2D eigenvalue weighted by atomic mass is 19.1. The molecule has 7 nitrogen and oxygen atoms in total. The summed E-state index contributed by atoms with van der Waals surface area (Å²) < 4.78 is 27.2. The van der Waals surface area contributed by atoms with Crippen molar-refractivity contribution in [1.82, 2.24) is 4.57 Å². The Hall–Kier alpha value is -4.64. The van der Waals surface area contributed by atoms with Gasteiger partial charge in [0.25, 0.3) is 0 Å². The molecule has 0 saturated heterocycles. The Bertz CT molecular complexity index is 1680. The highest BCUT2D eigenvalue weighted by Crippen LogP contribution is 2.46. The van der Waals surface area contributed by atoms with Crippen LogP contribution in [0, 0.1) is 17.1 Å². The van der Waals surface area contributed by atoms with Crippen LogP contribution in [0.5, 0.6) is 11.5 Å². The normalized spacial score (nSPS) is 12.4. The van der Waals surface area contributed by atoms with Gasteiger partial charge in [-0.2, -0.15) is 5.26 Å². The molecular formula is C30H26FN3O4. The van der Waals surface area contributed by atoms with Gasteiger partial charge in [0.15, 0.2) is 11.6 Å². The summed E-state index contributed by atoms with van der Waals surface area (Å²) in [5.41, 5.74) is 5.38. The van der Waals surface area contributed by atoms with Gasteiger partial charge in [-0.1, -0.05) is 19.9 Å². The molecule has 0 amide bonds. The minimum atomic E-state index is -1.09. The van der Waals surface area contributed by atoms with E-state index in [1.165, 1.54) is 26.4 Å². The molecule has 1 aliphatic rings. The van der Waals surface area contributed by atoms with Gasteiger partial charge in [-0.15, -0.1) is 0 Å². The predicted octanol–water partition coefficient (Wildman–Crippen LogP) is 6.28. The van der Waals surface area contributed by atoms with E-state index in [0.717, 1.165) is 38.9 Å². The van der Waals surface area contributed by atoms with Crippen LogP contribution < -0.4 is 9.47 Å². The lowest BCUT2D eigenvalue weighted by Crippen LogP contribution is -2.22. The van der Waals surface area contributed by atoms with Crippen LogP contribution in [0.1, 0.15) is 47.4 Å². The number of benzene rings is 3. The van der Waals surface area contributed by atoms with Crippen LogP contribution in [0.4, 0.5) is 4.39 Å². The standard InChI is InChI=1S/C30H26FN3O4/c1-30(2,9-10-32)28-27(17-5-7-21(29(35)36)25(13-17)37-3)22-11-18-15-33-16-19(18)12-24(22)34(28)20-6-8-23(31)26(14-20)38-4/h5-8,11-14,16H,9,15H2,1-4H3,(H,35,36). The predicted molar refractivity (Wildman–Crippen MR) is 143 cm³/mol. The zero-order valence-electron chi connectivity index (χ0n) is 21.5. The lowest BCUT2D eigenvalue weighted by atomic mass is 9.81. The molecule has 8 heteroatoms. The number of carbonyl (C=O) groups is 1. The van der Waals surface area contributed by atoms with Crippen molar-refractivity contribution in [3.05, 3.63) is 76.7 Å². The maximum Gasteiger partial charge on any atom is 0.339 e. The Morgan fingerprint density at radius 3 is 2.58 bits per heavy atom. The van der Waals surface area contributed by atoms with Crippen molar-refractivity contribution in [1.29, 1.82) is 5.26 Å². The molecule has 192 valence electrons. The van der Waals surface area contributed by atoms with Crippen molar-refractivity contribution in [3.8, 4) is 34.4 Å². The molecular weight excluding hydrogens is 485 g/mol. The van der Waals surface area contributed by atoms with E-state index in [2.05, 4.69) is 23.2 Å². The molecule has 0 aliphatic carbocycles. The molecule has 0 bridgehead atoms. The average molecular weight is 512 g/mol. The first-order chi connectivity index (χ1) is 18.2. The topological polar surface area (TPSA) is 96.8 Å². The maximum atomic E-state index is 14.4. The number of carboxylic acids is 1. The van der Waals surface area contributed by atoms with Gasteiger partial charge in [-0.3, -0.25) is 4.99 Å². The third-order valence-corrected chi connectivity index (χ3v) is 7.00. The summed E-state index contributed by atoms with van der Waals surface area (Å²) in [4.78, 5) is 16.2. The number of ether oxygens (including phenoxy) is 2. The Kier molecular flexibility index (Phi) is 6.15. The van der Waals surface area contributed by atoms with Gasteiger partial charge < -0.3 is 19.1 Å². The molecule has 1 N–H and O–H groups in total. The number of nitrogens with zero attached hydrogens (tertiary/aromatic N) is 3. The summed E-state index contributed by atoms with van der Waals surface area (Å²) in [7, 11) is 2.85. The summed E-state index contributed by atoms with van der Waals surface area (Å²) in [6, 6.07) is 16.1. The number of rotatable bonds is 7. The van der Waals surface area contributed by atoms with E-state index in [4.69, 9.17) is 9.47 Å². The van der Waals surface area contributed by atoms with E-state index in [-0.39, 0.29) is 23.5 Å². The fraction of sp³-hybridized carbons (Fsp3) is 0.233. The molecule has 1 aliphatic heterocycles. The number of aromatic carboxylic acids is 1. The smallest absolute Gasteiger partial charge is 0.339 e. The van der Waals surface area contributed by atoms with Gasteiger partial charge in [-0.05, 0) is 53.1 Å². The number of fused-ring (bicyclic) bond motifs is 2. The Balaban J connectivity index is 1.95. The van der Waals surface area contributed by atoms with E-state index in [1.807, 2.05) is 24.6 Å². The van der Waals surface area contributed by atoms with Gasteiger partial charge in [0.05, 0.1) is 32.4 Å². The zero-order chi connectivity index (χ0) is 27.2. The molecule has 5 rings (SSSR count). The summed E-state index contributed by atoms with van der Waals surface area (Å²) >= 11 is 0. The first kappa shape index (κ1) is 25.0. The van der Waals surface area contributed by atoms with E-state index >= 15 is 0 Å². The number of aromatic nitrogens is 1. The van der Waals surface area contributed by atoms with Crippen molar-refractivity contribution in [2.45, 2.75) is 32.2 Å². The number of hydrogen-bond donors (Lipinski definition) is 1. The van der Waals surface area contributed by atoms with Gasteiger partial charge >= 0.3 is 5.97 Å². The SMILES string of the molecule is COc1cc(-n2c(C(C)(C)CC#N)c(-c3ccc(C(=O)O)c(OC)c3)c3cc4c(cc32)C=NC4)ccc1F. The molecule has 0 spiro atoms. The number of hydrogen-bond acceptors (Lipinski definition) is 5. The third-order valence-electron chi connectivity index (χ3n) is 7.00. The fourth-order valence-corrected chi connectivity index (χ4v) is 5.19. The quantitative estimate of drug-likeness (QED) is 0.315. The van der Waals surface area contributed by atoms with Gasteiger partial charge in [0, 0.05) is 46.4 Å².